The minimum absolute atomic E-state index is 0.148. The molecule has 0 saturated heterocycles. The average molecular weight is 867 g/mol. The van der Waals surface area contributed by atoms with E-state index in [0.29, 0.717) is 29.4 Å². The number of fused-ring (bicyclic) bond motifs is 12. The van der Waals surface area contributed by atoms with E-state index in [-0.39, 0.29) is 5.41 Å². The molecule has 6 heteroatoms. The Bertz CT molecular complexity index is 3840. The Morgan fingerprint density at radius 1 is 0.561 bits per heavy atom. The second-order valence-electron chi connectivity index (χ2n) is 18.6. The lowest BCUT2D eigenvalue weighted by molar-refractivity contribution is 0.565. The zero-order valence-electron chi connectivity index (χ0n) is 36.5. The Kier molecular flexibility index (Phi) is 8.09. The standard InChI is InChI=1S/C60H42N4OS/c1-60(2)46-23-9-6-19-41(46)54-42(21-12-24-47(54)60)58-61-57(35-15-4-3-5-16-35)62-59(63-58)43-22-14-28-53-56(43)45-33-36(29-32-52(45)66-53)38-20-13-27-51-55(38)44-34-37(30-31-50(44)65-51)64-48-25-10-7-17-39(48)40-18-8-11-26-49(40)64/h3-10,12-25,27-34,40,49H,11,26H2,1-2H3. The molecule has 8 aromatic carbocycles. The summed E-state index contributed by atoms with van der Waals surface area (Å²) in [5.41, 5.74) is 15.9. The van der Waals surface area contributed by atoms with Crippen LogP contribution in [0.15, 0.2) is 186 Å². The summed E-state index contributed by atoms with van der Waals surface area (Å²) in [6.07, 6.45) is 7.00. The van der Waals surface area contributed by atoms with Crippen LogP contribution >= 0.6 is 11.3 Å². The SMILES string of the molecule is CC1(C)c2ccccc2-c2c(-c3nc(-c4ccccc4)nc(-c4cccc5sc6ccc(-c7cccc8oc9ccc(N%10c%11ccccc%11C%11C=CCCC%11%10)cc9c78)cc6c45)n3)cccc21. The first-order chi connectivity index (χ1) is 32.5. The minimum Gasteiger partial charge on any atom is -0.456 e. The van der Waals surface area contributed by atoms with Crippen molar-refractivity contribution in [3.8, 4) is 56.4 Å². The first-order valence-electron chi connectivity index (χ1n) is 23.0. The number of furan rings is 1. The molecule has 0 bridgehead atoms. The molecule has 2 aliphatic carbocycles. The fourth-order valence-corrected chi connectivity index (χ4v) is 12.7. The van der Waals surface area contributed by atoms with Crippen LogP contribution < -0.4 is 4.90 Å². The van der Waals surface area contributed by atoms with E-state index >= 15 is 0 Å². The van der Waals surface area contributed by atoms with Crippen LogP contribution in [0.4, 0.5) is 11.4 Å². The smallest absolute Gasteiger partial charge is 0.164 e. The third-order valence-electron chi connectivity index (χ3n) is 14.6. The lowest BCUT2D eigenvalue weighted by Gasteiger charge is -2.31. The predicted molar refractivity (Wildman–Crippen MR) is 273 cm³/mol. The number of rotatable bonds is 5. The van der Waals surface area contributed by atoms with Crippen LogP contribution in [0.5, 0.6) is 0 Å². The highest BCUT2D eigenvalue weighted by Crippen LogP contribution is 2.53. The minimum atomic E-state index is -0.148. The summed E-state index contributed by atoms with van der Waals surface area (Å²) >= 11 is 1.81. The highest BCUT2D eigenvalue weighted by molar-refractivity contribution is 7.26. The van der Waals surface area contributed by atoms with Gasteiger partial charge in [0.1, 0.15) is 11.2 Å². The fourth-order valence-electron chi connectivity index (χ4n) is 11.6. The lowest BCUT2D eigenvalue weighted by atomic mass is 9.82. The zero-order chi connectivity index (χ0) is 43.7. The van der Waals surface area contributed by atoms with Crippen molar-refractivity contribution in [2.24, 2.45) is 0 Å². The Morgan fingerprint density at radius 2 is 1.30 bits per heavy atom. The zero-order valence-corrected chi connectivity index (χ0v) is 37.3. The summed E-state index contributed by atoms with van der Waals surface area (Å²) in [5, 5.41) is 4.59. The number of thiophene rings is 1. The topological polar surface area (TPSA) is 55.1 Å². The monoisotopic (exact) mass is 866 g/mol. The van der Waals surface area contributed by atoms with E-state index in [1.165, 1.54) is 54.0 Å². The van der Waals surface area contributed by atoms with Gasteiger partial charge < -0.3 is 9.32 Å². The van der Waals surface area contributed by atoms with E-state index in [0.717, 1.165) is 68.0 Å². The average Bonchev–Trinajstić information content (AvgIpc) is 4.10. The van der Waals surface area contributed by atoms with Crippen molar-refractivity contribution >= 4 is 64.8 Å². The lowest BCUT2D eigenvalue weighted by Crippen LogP contribution is -2.30. The van der Waals surface area contributed by atoms with E-state index in [9.17, 15) is 0 Å². The number of anilines is 2. The third-order valence-corrected chi connectivity index (χ3v) is 15.7. The van der Waals surface area contributed by atoms with Gasteiger partial charge in [-0.1, -0.05) is 147 Å². The van der Waals surface area contributed by atoms with Gasteiger partial charge >= 0.3 is 0 Å². The molecular weight excluding hydrogens is 825 g/mol. The summed E-state index contributed by atoms with van der Waals surface area (Å²) < 4.78 is 9.04. The van der Waals surface area contributed by atoms with Crippen molar-refractivity contribution < 1.29 is 4.42 Å². The maximum absolute atomic E-state index is 6.63. The van der Waals surface area contributed by atoms with E-state index in [1.54, 1.807) is 0 Å². The summed E-state index contributed by atoms with van der Waals surface area (Å²) in [6, 6.07) is 61.7. The number of benzene rings is 8. The van der Waals surface area contributed by atoms with E-state index in [4.69, 9.17) is 19.4 Å². The van der Waals surface area contributed by atoms with Crippen molar-refractivity contribution in [1.82, 2.24) is 15.0 Å². The van der Waals surface area contributed by atoms with Gasteiger partial charge in [0, 0.05) is 76.4 Å². The summed E-state index contributed by atoms with van der Waals surface area (Å²) in [6.45, 7) is 4.63. The van der Waals surface area contributed by atoms with Crippen molar-refractivity contribution in [3.05, 3.63) is 199 Å². The summed E-state index contributed by atoms with van der Waals surface area (Å²) in [7, 11) is 0. The Balaban J connectivity index is 0.944. The molecule has 0 radical (unpaired) electrons. The van der Waals surface area contributed by atoms with Gasteiger partial charge in [-0.25, -0.2) is 15.0 Å². The van der Waals surface area contributed by atoms with Crippen molar-refractivity contribution in [1.29, 1.82) is 0 Å². The maximum Gasteiger partial charge on any atom is 0.164 e. The molecule has 0 spiro atoms. The first-order valence-corrected chi connectivity index (χ1v) is 23.8. The van der Waals surface area contributed by atoms with Crippen molar-refractivity contribution in [2.75, 3.05) is 4.90 Å². The third kappa shape index (κ3) is 5.48. The van der Waals surface area contributed by atoms with Gasteiger partial charge in [0.05, 0.1) is 0 Å². The molecule has 11 aromatic rings. The second-order valence-corrected chi connectivity index (χ2v) is 19.6. The molecule has 3 aromatic heterocycles. The molecule has 314 valence electrons. The normalized spacial score (nSPS) is 16.8. The largest absolute Gasteiger partial charge is 0.456 e. The molecule has 14 rings (SSSR count). The van der Waals surface area contributed by atoms with Gasteiger partial charge in [-0.05, 0) is 100 Å². The number of nitrogens with zero attached hydrogens (tertiary/aromatic N) is 4. The van der Waals surface area contributed by atoms with E-state index < -0.39 is 0 Å². The molecule has 2 unspecified atom stereocenters. The summed E-state index contributed by atoms with van der Waals surface area (Å²) in [4.78, 5) is 18.6. The first kappa shape index (κ1) is 37.7. The Morgan fingerprint density at radius 3 is 2.23 bits per heavy atom. The maximum atomic E-state index is 6.63. The van der Waals surface area contributed by atoms with Gasteiger partial charge in [0.25, 0.3) is 0 Å². The number of hydrogen-bond acceptors (Lipinski definition) is 6. The van der Waals surface area contributed by atoms with Gasteiger partial charge in [0.15, 0.2) is 17.5 Å². The van der Waals surface area contributed by atoms with Crippen LogP contribution in [-0.4, -0.2) is 21.0 Å². The molecule has 4 heterocycles. The van der Waals surface area contributed by atoms with E-state index in [2.05, 4.69) is 183 Å². The Labute approximate surface area is 386 Å². The molecule has 0 amide bonds. The molecule has 0 N–H and O–H groups in total. The van der Waals surface area contributed by atoms with Crippen LogP contribution in [0, 0.1) is 0 Å². The molecule has 5 nitrogen and oxygen atoms in total. The summed E-state index contributed by atoms with van der Waals surface area (Å²) in [5.74, 6) is 2.39. The van der Waals surface area contributed by atoms with Crippen LogP contribution in [0.1, 0.15) is 49.3 Å². The number of hydrogen-bond donors (Lipinski definition) is 0. The molecule has 1 aliphatic heterocycles. The van der Waals surface area contributed by atoms with Crippen molar-refractivity contribution in [2.45, 2.75) is 44.1 Å². The molecule has 2 atom stereocenters. The fraction of sp³-hybridized carbons (Fsp3) is 0.117. The van der Waals surface area contributed by atoms with Crippen LogP contribution in [0.3, 0.4) is 0 Å². The highest BCUT2D eigenvalue weighted by atomic mass is 32.1. The number of allylic oxidation sites excluding steroid dienone is 1. The molecule has 66 heavy (non-hydrogen) atoms. The van der Waals surface area contributed by atoms with Gasteiger partial charge in [-0.3, -0.25) is 0 Å². The molecule has 0 fully saturated rings. The van der Waals surface area contributed by atoms with Gasteiger partial charge in [-0.2, -0.15) is 0 Å². The highest BCUT2D eigenvalue weighted by Gasteiger charge is 2.39. The quantitative estimate of drug-likeness (QED) is 0.161. The predicted octanol–water partition coefficient (Wildman–Crippen LogP) is 16.1. The molecule has 0 saturated carbocycles. The second kappa shape index (κ2) is 14.2. The van der Waals surface area contributed by atoms with Crippen molar-refractivity contribution in [3.63, 3.8) is 0 Å². The molecule has 3 aliphatic rings. The van der Waals surface area contributed by atoms with Crippen LogP contribution in [0.2, 0.25) is 0 Å². The molecular formula is C60H42N4OS. The van der Waals surface area contributed by atoms with Gasteiger partial charge in [-0.15, -0.1) is 11.3 Å². The van der Waals surface area contributed by atoms with E-state index in [1.807, 2.05) is 29.5 Å². The van der Waals surface area contributed by atoms with Crippen LogP contribution in [0.25, 0.3) is 98.5 Å². The van der Waals surface area contributed by atoms with Gasteiger partial charge in [0.2, 0.25) is 0 Å². The Hall–Kier alpha value is -7.67. The van der Waals surface area contributed by atoms with Crippen LogP contribution in [-0.2, 0) is 5.41 Å². The number of aromatic nitrogens is 3. The number of para-hydroxylation sites is 1.